The molecule has 1 radical (unpaired) electrons. The molecule has 2 aromatic rings. The number of pyridine rings is 2. The molecule has 0 fully saturated rings. The minimum Gasteiger partial charge on any atom is -0.618 e. The van der Waals surface area contributed by atoms with Gasteiger partial charge >= 0.3 is 17.1 Å². The van der Waals surface area contributed by atoms with Crippen molar-refractivity contribution in [3.8, 4) is 0 Å². The van der Waals surface area contributed by atoms with Crippen molar-refractivity contribution < 1.29 is 46.3 Å². The molecule has 2 heterocycles. The molecule has 0 spiro atoms. The van der Waals surface area contributed by atoms with Crippen molar-refractivity contribution in [2.24, 2.45) is 0 Å². The average molecular weight is 340 g/mol. The summed E-state index contributed by atoms with van der Waals surface area (Å²) in [4.78, 5) is 20.2. The predicted molar refractivity (Wildman–Crippen MR) is 59.5 cm³/mol. The first-order chi connectivity index (χ1) is 9.43. The van der Waals surface area contributed by atoms with E-state index in [0.717, 1.165) is 12.4 Å². The van der Waals surface area contributed by atoms with E-state index in [9.17, 15) is 30.2 Å². The minimum atomic E-state index is -1.46. The molecule has 8 nitrogen and oxygen atoms in total. The molecule has 0 bridgehead atoms. The first kappa shape index (κ1) is 18.4. The Hall–Kier alpha value is -2.64. The van der Waals surface area contributed by atoms with Crippen LogP contribution in [0.2, 0.25) is 0 Å². The zero-order valence-corrected chi connectivity index (χ0v) is 11.2. The summed E-state index contributed by atoms with van der Waals surface area (Å²) in [5.74, 6) is -2.92. The van der Waals surface area contributed by atoms with Crippen LogP contribution in [-0.2, 0) is 17.1 Å². The summed E-state index contributed by atoms with van der Waals surface area (Å²) >= 11 is 0. The SMILES string of the molecule is O=C([O-])c1cccc[n+]1[O-].O=C([O-])c1cccc[n+]1[O-].[Cu+2]. The summed E-state index contributed by atoms with van der Waals surface area (Å²) in [6, 6.07) is 8.17. The molecule has 0 aliphatic heterocycles. The molecule has 0 aliphatic carbocycles. The van der Waals surface area contributed by atoms with Gasteiger partial charge in [0.1, 0.15) is 11.9 Å². The fraction of sp³-hybridized carbons (Fsp3) is 0. The third kappa shape index (κ3) is 5.47. The van der Waals surface area contributed by atoms with Crippen LogP contribution >= 0.6 is 0 Å². The third-order valence-corrected chi connectivity index (χ3v) is 2.07. The molecule has 9 heteroatoms. The molecule has 0 N–H and O–H groups in total. The van der Waals surface area contributed by atoms with Gasteiger partial charge in [-0.3, -0.25) is 0 Å². The van der Waals surface area contributed by atoms with E-state index in [1.54, 1.807) is 0 Å². The van der Waals surface area contributed by atoms with Crippen molar-refractivity contribution in [1.82, 2.24) is 0 Å². The summed E-state index contributed by atoms with van der Waals surface area (Å²) < 4.78 is 0.491. The number of aromatic nitrogens is 2. The number of carboxylic acid groups (broad SMARTS) is 2. The predicted octanol–water partition coefficient (Wildman–Crippen LogP) is -2.64. The van der Waals surface area contributed by atoms with E-state index in [1.807, 2.05) is 0 Å². The number of carbonyl (C=O) groups is 2. The van der Waals surface area contributed by atoms with Gasteiger partial charge in [-0.15, -0.1) is 0 Å². The fourth-order valence-electron chi connectivity index (χ4n) is 1.17. The average Bonchev–Trinajstić information content (AvgIpc) is 2.40. The maximum Gasteiger partial charge on any atom is 2.00 e. The van der Waals surface area contributed by atoms with Gasteiger partial charge < -0.3 is 30.2 Å². The maximum absolute atomic E-state index is 10.6. The normalized spacial score (nSPS) is 8.76. The molecule has 0 unspecified atom stereocenters. The van der Waals surface area contributed by atoms with E-state index in [2.05, 4.69) is 0 Å². The van der Waals surface area contributed by atoms with Gasteiger partial charge in [0, 0.05) is 24.3 Å². The molecule has 0 saturated heterocycles. The van der Waals surface area contributed by atoms with Crippen molar-refractivity contribution in [3.05, 3.63) is 70.6 Å². The van der Waals surface area contributed by atoms with Gasteiger partial charge in [0.25, 0.3) is 0 Å². The largest absolute Gasteiger partial charge is 2.00 e. The van der Waals surface area contributed by atoms with E-state index < -0.39 is 11.9 Å². The van der Waals surface area contributed by atoms with Gasteiger partial charge in [-0.1, -0.05) is 0 Å². The van der Waals surface area contributed by atoms with E-state index in [0.29, 0.717) is 0 Å². The van der Waals surface area contributed by atoms with E-state index in [4.69, 9.17) is 0 Å². The van der Waals surface area contributed by atoms with Gasteiger partial charge in [-0.25, -0.2) is 0 Å². The number of carboxylic acids is 2. The molecule has 0 atom stereocenters. The van der Waals surface area contributed by atoms with Crippen LogP contribution in [-0.4, -0.2) is 11.9 Å². The molecule has 0 saturated carbocycles. The molecule has 0 aromatic carbocycles. The van der Waals surface area contributed by atoms with Crippen LogP contribution in [0.4, 0.5) is 0 Å². The van der Waals surface area contributed by atoms with Crippen molar-refractivity contribution >= 4 is 11.9 Å². The summed E-state index contributed by atoms with van der Waals surface area (Å²) in [6.07, 6.45) is 2.20. The van der Waals surface area contributed by atoms with Crippen LogP contribution < -0.4 is 19.7 Å². The van der Waals surface area contributed by atoms with Gasteiger partial charge in [-0.05, 0) is 12.1 Å². The summed E-state index contributed by atoms with van der Waals surface area (Å²) in [5.41, 5.74) is -0.745. The van der Waals surface area contributed by atoms with Crippen LogP contribution in [0.25, 0.3) is 0 Å². The molecular formula is C12H8CuN2O6. The number of rotatable bonds is 2. The van der Waals surface area contributed by atoms with Crippen molar-refractivity contribution in [2.45, 2.75) is 0 Å². The van der Waals surface area contributed by atoms with Gasteiger partial charge in [0.05, 0.1) is 0 Å². The molecule has 0 aliphatic rings. The Labute approximate surface area is 129 Å². The molecule has 21 heavy (non-hydrogen) atoms. The van der Waals surface area contributed by atoms with Crippen molar-refractivity contribution in [3.63, 3.8) is 0 Å². The van der Waals surface area contributed by atoms with E-state index in [1.165, 1.54) is 36.4 Å². The Morgan fingerprint density at radius 3 is 1.29 bits per heavy atom. The van der Waals surface area contributed by atoms with Crippen molar-refractivity contribution in [2.75, 3.05) is 0 Å². The minimum absolute atomic E-state index is 0. The molecule has 113 valence electrons. The van der Waals surface area contributed by atoms with E-state index >= 15 is 0 Å². The Balaban J connectivity index is 0.000000364. The smallest absolute Gasteiger partial charge is 0.618 e. The van der Waals surface area contributed by atoms with Crippen LogP contribution in [0.1, 0.15) is 21.0 Å². The Morgan fingerprint density at radius 1 is 0.762 bits per heavy atom. The second-order valence-electron chi connectivity index (χ2n) is 3.40. The van der Waals surface area contributed by atoms with Crippen LogP contribution in [0, 0.1) is 10.4 Å². The topological polar surface area (TPSA) is 134 Å². The Morgan fingerprint density at radius 2 is 1.10 bits per heavy atom. The second kappa shape index (κ2) is 8.51. The summed E-state index contributed by atoms with van der Waals surface area (Å²) in [6.45, 7) is 0. The van der Waals surface area contributed by atoms with Gasteiger partial charge in [0.15, 0.2) is 12.4 Å². The number of nitrogens with zero attached hydrogens (tertiary/aromatic N) is 2. The van der Waals surface area contributed by atoms with Crippen molar-refractivity contribution in [1.29, 1.82) is 0 Å². The monoisotopic (exact) mass is 339 g/mol. The summed E-state index contributed by atoms with van der Waals surface area (Å²) in [5, 5.41) is 41.3. The standard InChI is InChI=1S/2C6H5NO3.Cu/c2*8-6(9)5-3-1-2-4-7(5)10;/h2*1-4H,(H,8,9);/q;;+2/p-2. The van der Waals surface area contributed by atoms with Gasteiger partial charge in [0.2, 0.25) is 11.4 Å². The zero-order valence-electron chi connectivity index (χ0n) is 10.3. The summed E-state index contributed by atoms with van der Waals surface area (Å²) in [7, 11) is 0. The zero-order chi connectivity index (χ0) is 15.1. The first-order valence-electron chi connectivity index (χ1n) is 5.22. The second-order valence-corrected chi connectivity index (χ2v) is 3.40. The molecular weight excluding hydrogens is 332 g/mol. The fourth-order valence-corrected chi connectivity index (χ4v) is 1.17. The van der Waals surface area contributed by atoms with Gasteiger partial charge in [-0.2, -0.15) is 9.46 Å². The number of hydrogen-bond donors (Lipinski definition) is 0. The quantitative estimate of drug-likeness (QED) is 0.333. The first-order valence-corrected chi connectivity index (χ1v) is 5.22. The number of hydrogen-bond acceptors (Lipinski definition) is 6. The third-order valence-electron chi connectivity index (χ3n) is 2.07. The molecule has 2 aromatic heterocycles. The molecule has 0 amide bonds. The van der Waals surface area contributed by atoms with Crippen LogP contribution in [0.15, 0.2) is 48.8 Å². The maximum atomic E-state index is 10.6. The van der Waals surface area contributed by atoms with Crippen LogP contribution in [0.3, 0.4) is 0 Å². The number of aromatic carboxylic acids is 2. The Bertz CT molecular complexity index is 579. The van der Waals surface area contributed by atoms with E-state index in [-0.39, 0.29) is 37.9 Å². The molecule has 2 rings (SSSR count). The Kier molecular flexibility index (Phi) is 7.44. The number of carbonyl (C=O) groups excluding carboxylic acids is 2. The van der Waals surface area contributed by atoms with Crippen LogP contribution in [0.5, 0.6) is 0 Å².